The second kappa shape index (κ2) is 7.23. The fourth-order valence-electron chi connectivity index (χ4n) is 3.11. The lowest BCUT2D eigenvalue weighted by Crippen LogP contribution is -2.39. The molecule has 27 heavy (non-hydrogen) atoms. The number of nitrogens with one attached hydrogen (secondary N) is 1. The molecule has 0 radical (unpaired) electrons. The van der Waals surface area contributed by atoms with Gasteiger partial charge in [-0.05, 0) is 57.0 Å². The third-order valence-electron chi connectivity index (χ3n) is 4.73. The Labute approximate surface area is 158 Å². The molecular weight excluding hydrogens is 342 g/mol. The molecule has 0 spiro atoms. The Bertz CT molecular complexity index is 905. The molecule has 0 aliphatic carbocycles. The zero-order valence-electron chi connectivity index (χ0n) is 15.9. The van der Waals surface area contributed by atoms with Gasteiger partial charge in [0.2, 0.25) is 5.91 Å². The monoisotopic (exact) mass is 365 g/mol. The number of carbonyl (C=O) groups is 3. The van der Waals surface area contributed by atoms with Crippen molar-refractivity contribution in [2.45, 2.75) is 33.7 Å². The van der Waals surface area contributed by atoms with Crippen LogP contribution in [0, 0.1) is 20.8 Å². The summed E-state index contributed by atoms with van der Waals surface area (Å²) < 4.78 is 0. The number of rotatable bonds is 4. The average molecular weight is 365 g/mol. The SMILES string of the molecule is Cc1ccc(N2C(=O)N(CC(=O)Nc3cc(C)ccc3C)C(=O)[C@@H]2C)cc1. The molecule has 0 aromatic heterocycles. The van der Waals surface area contributed by atoms with Gasteiger partial charge in [-0.1, -0.05) is 29.8 Å². The van der Waals surface area contributed by atoms with Crippen LogP contribution >= 0.6 is 0 Å². The molecule has 1 aliphatic rings. The molecule has 1 heterocycles. The van der Waals surface area contributed by atoms with Gasteiger partial charge in [-0.25, -0.2) is 4.79 Å². The number of hydrogen-bond donors (Lipinski definition) is 1. The maximum Gasteiger partial charge on any atom is 0.332 e. The van der Waals surface area contributed by atoms with E-state index in [1.165, 1.54) is 4.90 Å². The first kappa shape index (κ1) is 18.6. The van der Waals surface area contributed by atoms with Crippen LogP contribution in [0.4, 0.5) is 16.2 Å². The topological polar surface area (TPSA) is 69.7 Å². The zero-order valence-corrected chi connectivity index (χ0v) is 15.9. The van der Waals surface area contributed by atoms with Gasteiger partial charge in [0.25, 0.3) is 5.91 Å². The summed E-state index contributed by atoms with van der Waals surface area (Å²) in [5.74, 6) is -0.778. The Morgan fingerprint density at radius 2 is 1.63 bits per heavy atom. The second-order valence-corrected chi connectivity index (χ2v) is 6.96. The summed E-state index contributed by atoms with van der Waals surface area (Å²) in [5, 5.41) is 2.79. The van der Waals surface area contributed by atoms with Crippen LogP contribution in [-0.2, 0) is 9.59 Å². The minimum absolute atomic E-state index is 0.308. The van der Waals surface area contributed by atoms with Crippen molar-refractivity contribution in [3.63, 3.8) is 0 Å². The zero-order chi connectivity index (χ0) is 19.7. The second-order valence-electron chi connectivity index (χ2n) is 6.96. The Hall–Kier alpha value is -3.15. The number of hydrogen-bond acceptors (Lipinski definition) is 3. The van der Waals surface area contributed by atoms with E-state index < -0.39 is 18.0 Å². The first-order chi connectivity index (χ1) is 12.8. The van der Waals surface area contributed by atoms with Gasteiger partial charge in [0.05, 0.1) is 0 Å². The molecule has 1 fully saturated rings. The fraction of sp³-hybridized carbons (Fsp3) is 0.286. The highest BCUT2D eigenvalue weighted by molar-refractivity contribution is 6.16. The van der Waals surface area contributed by atoms with E-state index in [0.717, 1.165) is 21.6 Å². The average Bonchev–Trinajstić information content (AvgIpc) is 2.83. The Morgan fingerprint density at radius 3 is 2.30 bits per heavy atom. The van der Waals surface area contributed by atoms with Crippen molar-refractivity contribution < 1.29 is 14.4 Å². The van der Waals surface area contributed by atoms with E-state index in [1.54, 1.807) is 19.1 Å². The van der Waals surface area contributed by atoms with Crippen molar-refractivity contribution in [3.05, 3.63) is 59.2 Å². The summed E-state index contributed by atoms with van der Waals surface area (Å²) in [4.78, 5) is 40.2. The minimum atomic E-state index is -0.645. The van der Waals surface area contributed by atoms with E-state index >= 15 is 0 Å². The molecule has 1 atom stereocenters. The lowest BCUT2D eigenvalue weighted by molar-refractivity contribution is -0.130. The molecule has 1 N–H and O–H groups in total. The van der Waals surface area contributed by atoms with Gasteiger partial charge < -0.3 is 5.32 Å². The van der Waals surface area contributed by atoms with E-state index in [4.69, 9.17) is 0 Å². The summed E-state index contributed by atoms with van der Waals surface area (Å²) in [7, 11) is 0. The van der Waals surface area contributed by atoms with E-state index in [-0.39, 0.29) is 12.5 Å². The maximum atomic E-state index is 12.8. The largest absolute Gasteiger partial charge is 0.332 e. The van der Waals surface area contributed by atoms with Crippen molar-refractivity contribution in [1.29, 1.82) is 0 Å². The minimum Gasteiger partial charge on any atom is -0.324 e. The highest BCUT2D eigenvalue weighted by Crippen LogP contribution is 2.26. The first-order valence-corrected chi connectivity index (χ1v) is 8.86. The lowest BCUT2D eigenvalue weighted by atomic mass is 10.1. The van der Waals surface area contributed by atoms with Crippen LogP contribution in [0.2, 0.25) is 0 Å². The van der Waals surface area contributed by atoms with Gasteiger partial charge in [0, 0.05) is 11.4 Å². The number of imide groups is 1. The normalized spacial score (nSPS) is 16.8. The summed E-state index contributed by atoms with van der Waals surface area (Å²) in [6.45, 7) is 7.14. The molecule has 2 aromatic rings. The maximum absolute atomic E-state index is 12.8. The van der Waals surface area contributed by atoms with Crippen molar-refractivity contribution in [2.24, 2.45) is 0 Å². The summed E-state index contributed by atoms with van der Waals surface area (Å²) in [6.07, 6.45) is 0. The number of benzene rings is 2. The Balaban J connectivity index is 1.75. The molecule has 0 unspecified atom stereocenters. The quantitative estimate of drug-likeness (QED) is 0.844. The van der Waals surface area contributed by atoms with E-state index in [0.29, 0.717) is 11.4 Å². The first-order valence-electron chi connectivity index (χ1n) is 8.86. The van der Waals surface area contributed by atoms with Gasteiger partial charge in [0.15, 0.2) is 0 Å². The van der Waals surface area contributed by atoms with Crippen molar-refractivity contribution in [3.8, 4) is 0 Å². The Kier molecular flexibility index (Phi) is 4.99. The fourth-order valence-corrected chi connectivity index (χ4v) is 3.11. The van der Waals surface area contributed by atoms with Crippen LogP contribution in [-0.4, -0.2) is 35.3 Å². The molecule has 140 valence electrons. The van der Waals surface area contributed by atoms with Gasteiger partial charge in [-0.15, -0.1) is 0 Å². The number of nitrogens with zero attached hydrogens (tertiary/aromatic N) is 2. The van der Waals surface area contributed by atoms with E-state index in [1.807, 2.05) is 51.1 Å². The summed E-state index contributed by atoms with van der Waals surface area (Å²) in [5.41, 5.74) is 4.33. The standard InChI is InChI=1S/C21H23N3O3/c1-13-6-9-17(10-7-13)24-16(4)20(26)23(21(24)27)12-19(25)22-18-11-14(2)5-8-15(18)3/h5-11,16H,12H2,1-4H3,(H,22,25)/t16-/m0/s1. The number of aryl methyl sites for hydroxylation is 3. The van der Waals surface area contributed by atoms with Crippen molar-refractivity contribution in [1.82, 2.24) is 4.90 Å². The van der Waals surface area contributed by atoms with Crippen molar-refractivity contribution in [2.75, 3.05) is 16.8 Å². The number of urea groups is 1. The molecule has 2 aromatic carbocycles. The predicted molar refractivity (Wildman–Crippen MR) is 105 cm³/mol. The van der Waals surface area contributed by atoms with Gasteiger partial charge in [-0.2, -0.15) is 0 Å². The third kappa shape index (κ3) is 3.69. The van der Waals surface area contributed by atoms with Crippen LogP contribution in [0.15, 0.2) is 42.5 Å². The highest BCUT2D eigenvalue weighted by atomic mass is 16.2. The molecule has 6 nitrogen and oxygen atoms in total. The summed E-state index contributed by atoms with van der Waals surface area (Å²) in [6, 6.07) is 12.0. The third-order valence-corrected chi connectivity index (χ3v) is 4.73. The molecule has 3 rings (SSSR count). The summed E-state index contributed by atoms with van der Waals surface area (Å²) >= 11 is 0. The van der Waals surface area contributed by atoms with E-state index in [2.05, 4.69) is 5.32 Å². The molecular formula is C21H23N3O3. The number of anilines is 2. The predicted octanol–water partition coefficient (Wildman–Crippen LogP) is 3.41. The molecule has 0 bridgehead atoms. The lowest BCUT2D eigenvalue weighted by Gasteiger charge is -2.19. The van der Waals surface area contributed by atoms with Gasteiger partial charge >= 0.3 is 6.03 Å². The number of carbonyl (C=O) groups excluding carboxylic acids is 3. The molecule has 0 saturated carbocycles. The van der Waals surface area contributed by atoms with Crippen LogP contribution in [0.1, 0.15) is 23.6 Å². The van der Waals surface area contributed by atoms with Crippen molar-refractivity contribution >= 4 is 29.2 Å². The van der Waals surface area contributed by atoms with Crippen LogP contribution in [0.25, 0.3) is 0 Å². The van der Waals surface area contributed by atoms with Crippen LogP contribution in [0.3, 0.4) is 0 Å². The smallest absolute Gasteiger partial charge is 0.324 e. The van der Waals surface area contributed by atoms with Crippen LogP contribution in [0.5, 0.6) is 0 Å². The molecule has 1 aliphatic heterocycles. The highest BCUT2D eigenvalue weighted by Gasteiger charge is 2.44. The van der Waals surface area contributed by atoms with Crippen LogP contribution < -0.4 is 10.2 Å². The molecule has 4 amide bonds. The van der Waals surface area contributed by atoms with E-state index in [9.17, 15) is 14.4 Å². The Morgan fingerprint density at radius 1 is 1.00 bits per heavy atom. The molecule has 1 saturated heterocycles. The van der Waals surface area contributed by atoms with Gasteiger partial charge in [0.1, 0.15) is 12.6 Å². The molecule has 6 heteroatoms. The number of amides is 4. The van der Waals surface area contributed by atoms with Gasteiger partial charge in [-0.3, -0.25) is 19.4 Å².